The predicted molar refractivity (Wildman–Crippen MR) is 194 cm³/mol. The van der Waals surface area contributed by atoms with E-state index in [1.165, 1.54) is 69.4 Å². The molecule has 0 aliphatic rings. The molecule has 0 saturated heterocycles. The number of anilines is 3. The minimum absolute atomic E-state index is 1.13. The van der Waals surface area contributed by atoms with Crippen LogP contribution in [-0.4, -0.2) is 4.40 Å². The molecule has 10 aromatic rings. The molecular weight excluding hydrogens is 565 g/mol. The summed E-state index contributed by atoms with van der Waals surface area (Å²) in [6, 6.07) is 57.7. The van der Waals surface area contributed by atoms with Crippen LogP contribution >= 0.6 is 11.3 Å². The molecule has 3 heteroatoms. The Morgan fingerprint density at radius 3 is 1.82 bits per heavy atom. The predicted octanol–water partition coefficient (Wildman–Crippen LogP) is 12.3. The molecule has 0 N–H and O–H groups in total. The van der Waals surface area contributed by atoms with Gasteiger partial charge in [0, 0.05) is 58.8 Å². The summed E-state index contributed by atoms with van der Waals surface area (Å²) in [7, 11) is 0. The fraction of sp³-hybridized carbons (Fsp3) is 0. The first kappa shape index (κ1) is 24.8. The molecule has 0 aliphatic heterocycles. The third-order valence-corrected chi connectivity index (χ3v) is 10.5. The Labute approximate surface area is 264 Å². The van der Waals surface area contributed by atoms with E-state index in [9.17, 15) is 0 Å². The van der Waals surface area contributed by atoms with Gasteiger partial charge >= 0.3 is 0 Å². The van der Waals surface area contributed by atoms with Crippen molar-refractivity contribution in [2.75, 3.05) is 4.90 Å². The molecule has 3 aromatic heterocycles. The van der Waals surface area contributed by atoms with Gasteiger partial charge in [-0.1, -0.05) is 103 Å². The zero-order valence-corrected chi connectivity index (χ0v) is 25.1. The molecule has 0 spiro atoms. The van der Waals surface area contributed by atoms with Crippen LogP contribution in [0.15, 0.2) is 158 Å². The molecule has 0 saturated carbocycles. The largest absolute Gasteiger partial charge is 0.310 e. The molecule has 2 nitrogen and oxygen atoms in total. The van der Waals surface area contributed by atoms with Gasteiger partial charge in [0.2, 0.25) is 0 Å². The van der Waals surface area contributed by atoms with Gasteiger partial charge < -0.3 is 9.30 Å². The molecule has 45 heavy (non-hydrogen) atoms. The lowest BCUT2D eigenvalue weighted by Gasteiger charge is -2.26. The Hall–Kier alpha value is -5.64. The zero-order chi connectivity index (χ0) is 29.5. The molecule has 0 bridgehead atoms. The van der Waals surface area contributed by atoms with E-state index in [2.05, 4.69) is 167 Å². The quantitative estimate of drug-likeness (QED) is 0.198. The fourth-order valence-corrected chi connectivity index (χ4v) is 8.38. The van der Waals surface area contributed by atoms with Crippen LogP contribution in [0.5, 0.6) is 0 Å². The maximum atomic E-state index is 2.46. The summed E-state index contributed by atoms with van der Waals surface area (Å²) in [5, 5.41) is 7.80. The van der Waals surface area contributed by atoms with E-state index in [1.54, 1.807) is 0 Å². The second-order valence-electron chi connectivity index (χ2n) is 11.8. The summed E-state index contributed by atoms with van der Waals surface area (Å²) < 4.78 is 5.10. The minimum atomic E-state index is 1.13. The van der Waals surface area contributed by atoms with Crippen LogP contribution in [0.1, 0.15) is 0 Å². The van der Waals surface area contributed by atoms with Crippen molar-refractivity contribution in [1.82, 2.24) is 4.40 Å². The first-order valence-electron chi connectivity index (χ1n) is 15.4. The van der Waals surface area contributed by atoms with Crippen molar-refractivity contribution in [3.8, 4) is 11.1 Å². The van der Waals surface area contributed by atoms with E-state index in [0.29, 0.717) is 0 Å². The lowest BCUT2D eigenvalue weighted by molar-refractivity contribution is 1.29. The summed E-state index contributed by atoms with van der Waals surface area (Å²) in [4.78, 5) is 2.41. The number of nitrogens with zero attached hydrogens (tertiary/aromatic N) is 2. The molecule has 0 radical (unpaired) electrons. The van der Waals surface area contributed by atoms with Gasteiger partial charge in [-0.3, -0.25) is 0 Å². The third kappa shape index (κ3) is 3.62. The average Bonchev–Trinajstić information content (AvgIpc) is 3.76. The molecule has 3 heterocycles. The van der Waals surface area contributed by atoms with Gasteiger partial charge in [-0.05, 0) is 65.7 Å². The molecule has 0 aliphatic carbocycles. The van der Waals surface area contributed by atoms with E-state index in [1.807, 2.05) is 11.3 Å². The lowest BCUT2D eigenvalue weighted by atomic mass is 10.0. The Kier molecular flexibility index (Phi) is 5.19. The highest BCUT2D eigenvalue weighted by molar-refractivity contribution is 7.25. The summed E-state index contributed by atoms with van der Waals surface area (Å²) in [5.74, 6) is 0. The SMILES string of the molecule is c1ccc(-c2ccc(N(c3ccc4sc5ccccc5c4c3)c3ccc4c5cccc6c7ccccc7n(c4c3)c65)cc2)cc1. The zero-order valence-electron chi connectivity index (χ0n) is 24.3. The summed E-state index contributed by atoms with van der Waals surface area (Å²) in [6.45, 7) is 0. The van der Waals surface area contributed by atoms with Gasteiger partial charge in [0.25, 0.3) is 0 Å². The highest BCUT2D eigenvalue weighted by Crippen LogP contribution is 2.44. The molecule has 0 fully saturated rings. The number of rotatable bonds is 4. The number of para-hydroxylation sites is 2. The van der Waals surface area contributed by atoms with Gasteiger partial charge in [0.05, 0.1) is 16.6 Å². The maximum absolute atomic E-state index is 2.46. The average molecular weight is 591 g/mol. The van der Waals surface area contributed by atoms with Crippen LogP contribution in [0.25, 0.3) is 69.4 Å². The number of fused-ring (bicyclic) bond motifs is 9. The highest BCUT2D eigenvalue weighted by Gasteiger charge is 2.20. The highest BCUT2D eigenvalue weighted by atomic mass is 32.1. The summed E-state index contributed by atoms with van der Waals surface area (Å²) in [6.07, 6.45) is 0. The molecule has 0 unspecified atom stereocenters. The summed E-state index contributed by atoms with van der Waals surface area (Å²) in [5.41, 5.74) is 9.64. The molecule has 210 valence electrons. The van der Waals surface area contributed by atoms with E-state index in [-0.39, 0.29) is 0 Å². The molecule has 0 amide bonds. The molecule has 7 aromatic carbocycles. The number of thiophene rings is 1. The minimum Gasteiger partial charge on any atom is -0.310 e. The molecular formula is C42H26N2S. The first-order chi connectivity index (χ1) is 22.3. The van der Waals surface area contributed by atoms with Crippen molar-refractivity contribution in [2.24, 2.45) is 0 Å². The van der Waals surface area contributed by atoms with Crippen LogP contribution < -0.4 is 4.90 Å². The van der Waals surface area contributed by atoms with Crippen molar-refractivity contribution in [3.63, 3.8) is 0 Å². The van der Waals surface area contributed by atoms with Crippen LogP contribution in [0.2, 0.25) is 0 Å². The second-order valence-corrected chi connectivity index (χ2v) is 12.9. The van der Waals surface area contributed by atoms with Crippen LogP contribution in [0, 0.1) is 0 Å². The van der Waals surface area contributed by atoms with Crippen molar-refractivity contribution in [1.29, 1.82) is 0 Å². The Bertz CT molecular complexity index is 2700. The lowest BCUT2D eigenvalue weighted by Crippen LogP contribution is -2.09. The van der Waals surface area contributed by atoms with Crippen LogP contribution in [0.3, 0.4) is 0 Å². The first-order valence-corrected chi connectivity index (χ1v) is 16.2. The number of hydrogen-bond acceptors (Lipinski definition) is 2. The number of hydrogen-bond donors (Lipinski definition) is 0. The summed E-state index contributed by atoms with van der Waals surface area (Å²) >= 11 is 1.86. The normalized spacial score (nSPS) is 12.0. The van der Waals surface area contributed by atoms with E-state index in [4.69, 9.17) is 0 Å². The van der Waals surface area contributed by atoms with E-state index >= 15 is 0 Å². The van der Waals surface area contributed by atoms with E-state index in [0.717, 1.165) is 17.1 Å². The smallest absolute Gasteiger partial charge is 0.0620 e. The van der Waals surface area contributed by atoms with Gasteiger partial charge in [0.15, 0.2) is 0 Å². The van der Waals surface area contributed by atoms with Gasteiger partial charge in [0.1, 0.15) is 0 Å². The maximum Gasteiger partial charge on any atom is 0.0620 e. The Morgan fingerprint density at radius 2 is 0.978 bits per heavy atom. The van der Waals surface area contributed by atoms with Gasteiger partial charge in [-0.2, -0.15) is 0 Å². The van der Waals surface area contributed by atoms with Crippen LogP contribution in [-0.2, 0) is 0 Å². The standard InChI is InChI=1S/C42H26N2S/c1-2-9-27(10-3-1)28-17-19-29(20-18-28)43(30-22-24-41-37(25-30)34-12-5-7-16-40(34)45-41)31-21-23-33-36-14-8-13-35-32-11-4-6-15-38(32)44(42(35)36)39(33)26-31/h1-26H. The monoisotopic (exact) mass is 590 g/mol. The number of aromatic nitrogens is 1. The van der Waals surface area contributed by atoms with Crippen LogP contribution in [0.4, 0.5) is 17.1 Å². The van der Waals surface area contributed by atoms with Gasteiger partial charge in [-0.15, -0.1) is 11.3 Å². The van der Waals surface area contributed by atoms with Crippen molar-refractivity contribution >= 4 is 86.7 Å². The van der Waals surface area contributed by atoms with Crippen molar-refractivity contribution < 1.29 is 0 Å². The van der Waals surface area contributed by atoms with E-state index < -0.39 is 0 Å². The molecule has 10 rings (SSSR count). The topological polar surface area (TPSA) is 7.65 Å². The number of benzene rings is 7. The van der Waals surface area contributed by atoms with Crippen molar-refractivity contribution in [2.45, 2.75) is 0 Å². The third-order valence-electron chi connectivity index (χ3n) is 9.32. The Morgan fingerprint density at radius 1 is 0.378 bits per heavy atom. The van der Waals surface area contributed by atoms with Gasteiger partial charge in [-0.25, -0.2) is 0 Å². The Balaban J connectivity index is 1.23. The van der Waals surface area contributed by atoms with Crippen molar-refractivity contribution in [3.05, 3.63) is 158 Å². The second kappa shape index (κ2) is 9.43. The fourth-order valence-electron chi connectivity index (χ4n) is 7.29. The molecule has 0 atom stereocenters.